The fraction of sp³-hybridized carbons (Fsp3) is 0.273. The monoisotopic (exact) mass is 191 g/mol. The predicted molar refractivity (Wildman–Crippen MR) is 62.7 cm³/mol. The van der Waals surface area contributed by atoms with Crippen LogP contribution in [0.1, 0.15) is 26.3 Å². The molecule has 0 atom stereocenters. The van der Waals surface area contributed by atoms with Gasteiger partial charge in [0.25, 0.3) is 0 Å². The van der Waals surface area contributed by atoms with Crippen molar-refractivity contribution in [3.63, 3.8) is 0 Å². The molecule has 1 aromatic carbocycles. The van der Waals surface area contributed by atoms with Gasteiger partial charge in [0.15, 0.2) is 0 Å². The number of nitrogens with two attached hydrogens (primary N) is 1. The van der Waals surface area contributed by atoms with Crippen LogP contribution in [0.4, 0.5) is 0 Å². The SMILES string of the molecule is C/C(N)=N/N=C/c1ccccc1.CC. The molecule has 0 fully saturated rings. The van der Waals surface area contributed by atoms with E-state index in [1.807, 2.05) is 44.2 Å². The Hall–Kier alpha value is -1.64. The van der Waals surface area contributed by atoms with E-state index in [-0.39, 0.29) is 0 Å². The van der Waals surface area contributed by atoms with Gasteiger partial charge in [0.2, 0.25) is 0 Å². The Morgan fingerprint density at radius 3 is 2.29 bits per heavy atom. The minimum atomic E-state index is 0.460. The number of benzene rings is 1. The molecule has 0 saturated heterocycles. The van der Waals surface area contributed by atoms with Gasteiger partial charge in [0.1, 0.15) is 5.84 Å². The van der Waals surface area contributed by atoms with Crippen LogP contribution in [0.5, 0.6) is 0 Å². The van der Waals surface area contributed by atoms with Crippen LogP contribution in [0.15, 0.2) is 40.5 Å². The van der Waals surface area contributed by atoms with Gasteiger partial charge in [-0.25, -0.2) is 0 Å². The summed E-state index contributed by atoms with van der Waals surface area (Å²) in [7, 11) is 0. The smallest absolute Gasteiger partial charge is 0.119 e. The van der Waals surface area contributed by atoms with Crippen LogP contribution in [0, 0.1) is 0 Å². The van der Waals surface area contributed by atoms with E-state index >= 15 is 0 Å². The highest BCUT2D eigenvalue weighted by Crippen LogP contribution is 1.93. The first-order valence-corrected chi connectivity index (χ1v) is 4.67. The molecule has 0 amide bonds. The van der Waals surface area contributed by atoms with Crippen molar-refractivity contribution in [1.82, 2.24) is 0 Å². The Morgan fingerprint density at radius 2 is 1.79 bits per heavy atom. The van der Waals surface area contributed by atoms with Gasteiger partial charge in [0, 0.05) is 0 Å². The topological polar surface area (TPSA) is 50.7 Å². The lowest BCUT2D eigenvalue weighted by Gasteiger charge is -1.87. The zero-order chi connectivity index (χ0) is 10.8. The van der Waals surface area contributed by atoms with Crippen molar-refractivity contribution in [2.24, 2.45) is 15.9 Å². The fourth-order valence-electron chi connectivity index (χ4n) is 0.726. The molecule has 0 aliphatic carbocycles. The van der Waals surface area contributed by atoms with Crippen molar-refractivity contribution in [2.45, 2.75) is 20.8 Å². The highest BCUT2D eigenvalue weighted by molar-refractivity contribution is 5.81. The van der Waals surface area contributed by atoms with E-state index in [2.05, 4.69) is 10.2 Å². The zero-order valence-electron chi connectivity index (χ0n) is 8.94. The fourth-order valence-corrected chi connectivity index (χ4v) is 0.726. The average Bonchev–Trinajstić information content (AvgIpc) is 2.22. The quantitative estimate of drug-likeness (QED) is 0.435. The van der Waals surface area contributed by atoms with E-state index in [0.717, 1.165) is 5.56 Å². The summed E-state index contributed by atoms with van der Waals surface area (Å²) in [6.07, 6.45) is 1.66. The summed E-state index contributed by atoms with van der Waals surface area (Å²) in [4.78, 5) is 0. The van der Waals surface area contributed by atoms with Gasteiger partial charge in [0.05, 0.1) is 6.21 Å². The third kappa shape index (κ3) is 5.94. The highest BCUT2D eigenvalue weighted by Gasteiger charge is 1.81. The molecule has 0 spiro atoms. The van der Waals surface area contributed by atoms with Crippen LogP contribution >= 0.6 is 0 Å². The molecule has 0 aliphatic rings. The van der Waals surface area contributed by atoms with Gasteiger partial charge in [-0.2, -0.15) is 5.10 Å². The molecule has 2 N–H and O–H groups in total. The number of amidine groups is 1. The average molecular weight is 191 g/mol. The summed E-state index contributed by atoms with van der Waals surface area (Å²) in [6.45, 7) is 5.70. The van der Waals surface area contributed by atoms with Crippen LogP contribution in [0.3, 0.4) is 0 Å². The molecule has 0 aromatic heterocycles. The van der Waals surface area contributed by atoms with Gasteiger partial charge >= 0.3 is 0 Å². The number of hydrogen-bond donors (Lipinski definition) is 1. The van der Waals surface area contributed by atoms with E-state index < -0.39 is 0 Å². The summed E-state index contributed by atoms with van der Waals surface area (Å²) in [5.41, 5.74) is 6.31. The molecule has 0 unspecified atom stereocenters. The van der Waals surface area contributed by atoms with Crippen molar-refractivity contribution in [3.05, 3.63) is 35.9 Å². The van der Waals surface area contributed by atoms with Crippen molar-refractivity contribution >= 4 is 12.1 Å². The number of nitrogens with zero attached hydrogens (tertiary/aromatic N) is 2. The molecule has 1 rings (SSSR count). The third-order valence-electron chi connectivity index (χ3n) is 1.22. The Labute approximate surface area is 85.4 Å². The molecule has 0 heterocycles. The second-order valence-electron chi connectivity index (χ2n) is 2.40. The van der Waals surface area contributed by atoms with Crippen molar-refractivity contribution in [1.29, 1.82) is 0 Å². The lowest BCUT2D eigenvalue weighted by molar-refractivity contribution is 1.22. The second-order valence-corrected chi connectivity index (χ2v) is 2.40. The van der Waals surface area contributed by atoms with E-state index in [9.17, 15) is 0 Å². The number of rotatable bonds is 2. The van der Waals surface area contributed by atoms with Gasteiger partial charge in [-0.1, -0.05) is 44.2 Å². The number of hydrogen-bond acceptors (Lipinski definition) is 2. The van der Waals surface area contributed by atoms with E-state index in [1.165, 1.54) is 0 Å². The van der Waals surface area contributed by atoms with Crippen LogP contribution < -0.4 is 5.73 Å². The summed E-state index contributed by atoms with van der Waals surface area (Å²) >= 11 is 0. The summed E-state index contributed by atoms with van der Waals surface area (Å²) in [5.74, 6) is 0.460. The van der Waals surface area contributed by atoms with E-state index in [1.54, 1.807) is 13.1 Å². The molecule has 76 valence electrons. The normalized spacial score (nSPS) is 10.9. The Kier molecular flexibility index (Phi) is 7.05. The van der Waals surface area contributed by atoms with Crippen molar-refractivity contribution in [2.75, 3.05) is 0 Å². The standard InChI is InChI=1S/C9H11N3.C2H6/c1-8(10)12-11-7-9-5-3-2-4-6-9;1-2/h2-7H,1H3,(H2,10,12);1-2H3/b11-7+;. The van der Waals surface area contributed by atoms with Crippen LogP contribution in [-0.4, -0.2) is 12.1 Å². The largest absolute Gasteiger partial charge is 0.386 e. The zero-order valence-corrected chi connectivity index (χ0v) is 8.94. The molecule has 3 heteroatoms. The van der Waals surface area contributed by atoms with Gasteiger partial charge < -0.3 is 5.73 Å². The molecule has 3 nitrogen and oxygen atoms in total. The van der Waals surface area contributed by atoms with Crippen LogP contribution in [0.25, 0.3) is 0 Å². The first-order chi connectivity index (χ1) is 6.79. The second kappa shape index (κ2) is 7.98. The van der Waals surface area contributed by atoms with E-state index in [4.69, 9.17) is 5.73 Å². The lowest BCUT2D eigenvalue weighted by Crippen LogP contribution is -2.03. The van der Waals surface area contributed by atoms with Crippen molar-refractivity contribution < 1.29 is 0 Å². The maximum absolute atomic E-state index is 5.29. The summed E-state index contributed by atoms with van der Waals surface area (Å²) < 4.78 is 0. The molecule has 0 aliphatic heterocycles. The molecule has 0 saturated carbocycles. The first-order valence-electron chi connectivity index (χ1n) is 4.67. The third-order valence-corrected chi connectivity index (χ3v) is 1.22. The molecular weight excluding hydrogens is 174 g/mol. The Balaban J connectivity index is 0.000000791. The maximum atomic E-state index is 5.29. The maximum Gasteiger partial charge on any atom is 0.119 e. The molecular formula is C11H17N3. The van der Waals surface area contributed by atoms with Crippen LogP contribution in [-0.2, 0) is 0 Å². The lowest BCUT2D eigenvalue weighted by atomic mass is 10.2. The Bertz CT molecular complexity index is 285. The minimum absolute atomic E-state index is 0.460. The molecule has 0 radical (unpaired) electrons. The minimum Gasteiger partial charge on any atom is -0.386 e. The van der Waals surface area contributed by atoms with Gasteiger partial charge in [-0.15, -0.1) is 5.10 Å². The van der Waals surface area contributed by atoms with Gasteiger partial charge in [-0.05, 0) is 12.5 Å². The van der Waals surface area contributed by atoms with Crippen LogP contribution in [0.2, 0.25) is 0 Å². The highest BCUT2D eigenvalue weighted by atomic mass is 15.2. The first kappa shape index (κ1) is 12.4. The molecule has 14 heavy (non-hydrogen) atoms. The summed E-state index contributed by atoms with van der Waals surface area (Å²) in [6, 6.07) is 9.74. The molecule has 0 bridgehead atoms. The summed E-state index contributed by atoms with van der Waals surface area (Å²) in [5, 5.41) is 7.46. The van der Waals surface area contributed by atoms with Crippen molar-refractivity contribution in [3.8, 4) is 0 Å². The Morgan fingerprint density at radius 1 is 1.21 bits per heavy atom. The van der Waals surface area contributed by atoms with E-state index in [0.29, 0.717) is 5.84 Å². The van der Waals surface area contributed by atoms with Gasteiger partial charge in [-0.3, -0.25) is 0 Å². The predicted octanol–water partition coefficient (Wildman–Crippen LogP) is 2.42. The molecule has 1 aromatic rings.